The molecule has 2 N–H and O–H groups in total. The molecular formula is C25H28N4O3S. The van der Waals surface area contributed by atoms with E-state index in [1.165, 1.54) is 16.9 Å². The van der Waals surface area contributed by atoms with Gasteiger partial charge in [-0.2, -0.15) is 0 Å². The number of ether oxygens (including phenoxy) is 1. The molecule has 0 spiro atoms. The number of anilines is 2. The van der Waals surface area contributed by atoms with E-state index in [9.17, 15) is 9.59 Å². The molecule has 0 unspecified atom stereocenters. The van der Waals surface area contributed by atoms with Gasteiger partial charge in [-0.05, 0) is 35.7 Å². The van der Waals surface area contributed by atoms with Crippen molar-refractivity contribution in [2.45, 2.75) is 19.8 Å². The third-order valence-corrected chi connectivity index (χ3v) is 6.35. The van der Waals surface area contributed by atoms with Crippen LogP contribution in [0.15, 0.2) is 53.9 Å². The topological polar surface area (TPSA) is 83.6 Å². The maximum absolute atomic E-state index is 12.6. The van der Waals surface area contributed by atoms with Gasteiger partial charge in [-0.3, -0.25) is 14.5 Å². The molecule has 33 heavy (non-hydrogen) atoms. The summed E-state index contributed by atoms with van der Waals surface area (Å²) in [6.45, 7) is 7.51. The molecule has 0 bridgehead atoms. The second-order valence-electron chi connectivity index (χ2n) is 8.28. The van der Waals surface area contributed by atoms with Gasteiger partial charge < -0.3 is 15.4 Å². The number of hydrogen-bond acceptors (Lipinski definition) is 6. The van der Waals surface area contributed by atoms with Crippen molar-refractivity contribution in [3.8, 4) is 10.6 Å². The van der Waals surface area contributed by atoms with Crippen molar-refractivity contribution in [1.82, 2.24) is 9.88 Å². The number of carbonyl (C=O) groups is 2. The van der Waals surface area contributed by atoms with Crippen molar-refractivity contribution in [1.29, 1.82) is 0 Å². The molecule has 1 aromatic heterocycles. The van der Waals surface area contributed by atoms with Gasteiger partial charge in [0.1, 0.15) is 10.7 Å². The Morgan fingerprint density at radius 2 is 1.64 bits per heavy atom. The average molecular weight is 465 g/mol. The number of rotatable bonds is 7. The monoisotopic (exact) mass is 464 g/mol. The Labute approximate surface area is 197 Å². The molecule has 1 fully saturated rings. The number of nitrogens with one attached hydrogen (secondary N) is 2. The Kier molecular flexibility index (Phi) is 7.49. The van der Waals surface area contributed by atoms with Crippen LogP contribution in [0.4, 0.5) is 11.4 Å². The molecule has 8 heteroatoms. The first kappa shape index (κ1) is 23.1. The van der Waals surface area contributed by atoms with Gasteiger partial charge >= 0.3 is 0 Å². The van der Waals surface area contributed by atoms with Crippen LogP contribution in [0.5, 0.6) is 0 Å². The maximum atomic E-state index is 12.6. The van der Waals surface area contributed by atoms with Crippen LogP contribution >= 0.6 is 11.3 Å². The molecule has 2 amide bonds. The largest absolute Gasteiger partial charge is 0.379 e. The highest BCUT2D eigenvalue weighted by Crippen LogP contribution is 2.26. The molecule has 1 saturated heterocycles. The summed E-state index contributed by atoms with van der Waals surface area (Å²) in [4.78, 5) is 31.4. The summed E-state index contributed by atoms with van der Waals surface area (Å²) in [6, 6.07) is 15.4. The Bertz CT molecular complexity index is 1090. The molecule has 1 aliphatic rings. The summed E-state index contributed by atoms with van der Waals surface area (Å²) in [5.74, 6) is 0.145. The number of hydrogen-bond donors (Lipinski definition) is 2. The van der Waals surface area contributed by atoms with Crippen molar-refractivity contribution in [2.24, 2.45) is 0 Å². The van der Waals surface area contributed by atoms with E-state index < -0.39 is 0 Å². The smallest absolute Gasteiger partial charge is 0.275 e. The fraction of sp³-hybridized carbons (Fsp3) is 0.320. The molecule has 0 aliphatic carbocycles. The van der Waals surface area contributed by atoms with Crippen molar-refractivity contribution in [3.05, 3.63) is 65.2 Å². The van der Waals surface area contributed by atoms with Crippen molar-refractivity contribution in [2.75, 3.05) is 43.5 Å². The molecule has 4 rings (SSSR count). The van der Waals surface area contributed by atoms with Gasteiger partial charge in [0.15, 0.2) is 0 Å². The molecule has 0 radical (unpaired) electrons. The summed E-state index contributed by atoms with van der Waals surface area (Å²) in [5.41, 5.74) is 3.98. The molecule has 0 saturated carbocycles. The van der Waals surface area contributed by atoms with E-state index in [1.54, 1.807) is 29.6 Å². The minimum absolute atomic E-state index is 0.0647. The molecule has 1 aliphatic heterocycles. The zero-order valence-electron chi connectivity index (χ0n) is 18.8. The summed E-state index contributed by atoms with van der Waals surface area (Å²) in [5, 5.41) is 8.33. The fourth-order valence-corrected chi connectivity index (χ4v) is 4.32. The lowest BCUT2D eigenvalue weighted by Crippen LogP contribution is -2.41. The quantitative estimate of drug-likeness (QED) is 0.540. The van der Waals surface area contributed by atoms with Crippen LogP contribution in [0.3, 0.4) is 0 Å². The SMILES string of the molecule is CC(C)c1ccc(-c2nc(C(=O)Nc3ccc(NC(=O)CN4CCOCC4)cc3)cs2)cc1. The van der Waals surface area contributed by atoms with Gasteiger partial charge in [0.25, 0.3) is 5.91 Å². The van der Waals surface area contributed by atoms with Crippen LogP contribution in [0, 0.1) is 0 Å². The highest BCUT2D eigenvalue weighted by Gasteiger charge is 2.15. The molecule has 2 aromatic carbocycles. The molecule has 3 aromatic rings. The molecule has 7 nitrogen and oxygen atoms in total. The zero-order valence-corrected chi connectivity index (χ0v) is 19.7. The van der Waals surface area contributed by atoms with Gasteiger partial charge in [0.2, 0.25) is 5.91 Å². The molecular weight excluding hydrogens is 436 g/mol. The van der Waals surface area contributed by atoms with E-state index in [4.69, 9.17) is 4.74 Å². The van der Waals surface area contributed by atoms with E-state index in [0.29, 0.717) is 42.7 Å². The highest BCUT2D eigenvalue weighted by atomic mass is 32.1. The highest BCUT2D eigenvalue weighted by molar-refractivity contribution is 7.13. The summed E-state index contributed by atoms with van der Waals surface area (Å²) >= 11 is 1.45. The molecule has 172 valence electrons. The molecule has 2 heterocycles. The Balaban J connectivity index is 1.31. The van der Waals surface area contributed by atoms with Crippen LogP contribution in [0.25, 0.3) is 10.6 Å². The van der Waals surface area contributed by atoms with Gasteiger partial charge in [0, 0.05) is 35.4 Å². The van der Waals surface area contributed by atoms with Gasteiger partial charge in [0.05, 0.1) is 19.8 Å². The number of carbonyl (C=O) groups excluding carboxylic acids is 2. The fourth-order valence-electron chi connectivity index (χ4n) is 3.52. The lowest BCUT2D eigenvalue weighted by molar-refractivity contribution is -0.118. The third kappa shape index (κ3) is 6.25. The summed E-state index contributed by atoms with van der Waals surface area (Å²) in [7, 11) is 0. The third-order valence-electron chi connectivity index (χ3n) is 5.46. The minimum atomic E-state index is -0.264. The van der Waals surface area contributed by atoms with Crippen LogP contribution in [-0.4, -0.2) is 54.5 Å². The summed E-state index contributed by atoms with van der Waals surface area (Å²) in [6.07, 6.45) is 0. The number of thiazole rings is 1. The first-order valence-corrected chi connectivity index (χ1v) is 11.9. The van der Waals surface area contributed by atoms with Gasteiger partial charge in [-0.15, -0.1) is 11.3 Å². The van der Waals surface area contributed by atoms with Crippen molar-refractivity contribution < 1.29 is 14.3 Å². The summed E-state index contributed by atoms with van der Waals surface area (Å²) < 4.78 is 5.30. The molecule has 0 atom stereocenters. The van der Waals surface area contributed by atoms with Crippen LogP contribution < -0.4 is 10.6 Å². The lowest BCUT2D eigenvalue weighted by Gasteiger charge is -2.25. The standard InChI is InChI=1S/C25H28N4O3S/c1-17(2)18-3-5-19(6-4-18)25-28-22(16-33-25)24(31)27-21-9-7-20(8-10-21)26-23(30)15-29-11-13-32-14-12-29/h3-10,16-17H,11-15H2,1-2H3,(H,26,30)(H,27,31). The van der Waals surface area contributed by atoms with Crippen LogP contribution in [0.2, 0.25) is 0 Å². The van der Waals surface area contributed by atoms with E-state index in [-0.39, 0.29) is 11.8 Å². The number of morpholine rings is 1. The van der Waals surface area contributed by atoms with Crippen LogP contribution in [0.1, 0.15) is 35.8 Å². The number of aromatic nitrogens is 1. The first-order chi connectivity index (χ1) is 16.0. The Hall–Kier alpha value is -3.07. The maximum Gasteiger partial charge on any atom is 0.275 e. The number of benzene rings is 2. The first-order valence-electron chi connectivity index (χ1n) is 11.0. The Morgan fingerprint density at radius 3 is 2.27 bits per heavy atom. The zero-order chi connectivity index (χ0) is 23.2. The predicted molar refractivity (Wildman–Crippen MR) is 132 cm³/mol. The lowest BCUT2D eigenvalue weighted by atomic mass is 10.0. The van der Waals surface area contributed by atoms with Crippen LogP contribution in [-0.2, 0) is 9.53 Å². The second-order valence-corrected chi connectivity index (χ2v) is 9.14. The normalized spacial score (nSPS) is 14.3. The number of nitrogens with zero attached hydrogens (tertiary/aromatic N) is 2. The van der Waals surface area contributed by atoms with E-state index in [1.807, 2.05) is 12.1 Å². The predicted octanol–water partition coefficient (Wildman–Crippen LogP) is 4.46. The van der Waals surface area contributed by atoms with Gasteiger partial charge in [-0.25, -0.2) is 4.98 Å². The van der Waals surface area contributed by atoms with E-state index >= 15 is 0 Å². The average Bonchev–Trinajstić information content (AvgIpc) is 3.32. The van der Waals surface area contributed by atoms with E-state index in [0.717, 1.165) is 23.7 Å². The van der Waals surface area contributed by atoms with Crippen molar-refractivity contribution in [3.63, 3.8) is 0 Å². The number of amides is 2. The van der Waals surface area contributed by atoms with Crippen molar-refractivity contribution >= 4 is 34.5 Å². The van der Waals surface area contributed by atoms with E-state index in [2.05, 4.69) is 46.5 Å². The van der Waals surface area contributed by atoms with Gasteiger partial charge in [-0.1, -0.05) is 38.1 Å². The second kappa shape index (κ2) is 10.7. The Morgan fingerprint density at radius 1 is 1.00 bits per heavy atom. The minimum Gasteiger partial charge on any atom is -0.379 e.